The van der Waals surface area contributed by atoms with Gasteiger partial charge in [0.15, 0.2) is 0 Å². The number of H-pyrrole nitrogens is 3. The lowest BCUT2D eigenvalue weighted by Gasteiger charge is -1.85. The Kier molecular flexibility index (Phi) is 3.41. The van der Waals surface area contributed by atoms with Gasteiger partial charge in [-0.1, -0.05) is 0 Å². The summed E-state index contributed by atoms with van der Waals surface area (Å²) in [5, 5.41) is 11.5. The largest absolute Gasteiger partial charge is 0.355 e. The molecule has 0 aliphatic carbocycles. The van der Waals surface area contributed by atoms with E-state index < -0.39 is 0 Å². The van der Waals surface area contributed by atoms with Crippen molar-refractivity contribution in [1.82, 2.24) is 19.9 Å². The Balaban J connectivity index is 1.97. The number of aromatic nitrogens is 4. The molecule has 0 saturated heterocycles. The molecule has 1 aliphatic rings. The lowest BCUT2D eigenvalue weighted by atomic mass is 10.3. The Bertz CT molecular complexity index is 1380. The van der Waals surface area contributed by atoms with Gasteiger partial charge in [0.2, 0.25) is 0 Å². The molecule has 1 aliphatic heterocycles. The lowest BCUT2D eigenvalue weighted by Crippen LogP contribution is -1.84. The van der Waals surface area contributed by atoms with Crippen LogP contribution in [0, 0.1) is 10.1 Å². The van der Waals surface area contributed by atoms with Gasteiger partial charge in [0.25, 0.3) is 5.69 Å². The predicted octanol–water partition coefficient (Wildman–Crippen LogP) is 5.37. The predicted molar refractivity (Wildman–Crippen MR) is 110 cm³/mol. The summed E-state index contributed by atoms with van der Waals surface area (Å²) in [5.74, 6) is 0. The van der Waals surface area contributed by atoms with Crippen molar-refractivity contribution in [3.8, 4) is 0 Å². The zero-order valence-electron chi connectivity index (χ0n) is 13.8. The van der Waals surface area contributed by atoms with E-state index in [1.165, 1.54) is 6.07 Å². The molecule has 7 nitrogen and oxygen atoms in total. The van der Waals surface area contributed by atoms with E-state index in [-0.39, 0.29) is 10.6 Å². The standard InChI is InChI=1S/C19H12BrN5O2/c20-15-7-14-6-12-2-1-10(21-12)5-11-3-4-13(22-11)8-16-18(25(26)27)9-17(24-16)19(15)23-14/h1-9,22-24H. The first-order valence-electron chi connectivity index (χ1n) is 8.18. The average Bonchev–Trinajstić information content (AvgIpc) is 3.37. The van der Waals surface area contributed by atoms with Gasteiger partial charge in [-0.3, -0.25) is 10.1 Å². The third-order valence-corrected chi connectivity index (χ3v) is 5.03. The molecule has 5 rings (SSSR count). The van der Waals surface area contributed by atoms with E-state index in [0.717, 1.165) is 37.9 Å². The number of fused-ring (bicyclic) bond motifs is 9. The number of hydrogen-bond donors (Lipinski definition) is 3. The normalized spacial score (nSPS) is 12.0. The minimum Gasteiger partial charge on any atom is -0.355 e. The second-order valence-corrected chi connectivity index (χ2v) is 7.14. The molecule has 0 fully saturated rings. The van der Waals surface area contributed by atoms with E-state index in [1.54, 1.807) is 6.07 Å². The fraction of sp³-hybridized carbons (Fsp3) is 0. The van der Waals surface area contributed by atoms with Gasteiger partial charge in [0, 0.05) is 27.1 Å². The first kappa shape index (κ1) is 15.8. The number of rotatable bonds is 1. The molecule has 8 bridgehead atoms. The molecular formula is C19H12BrN5O2. The Hall–Kier alpha value is -3.39. The summed E-state index contributed by atoms with van der Waals surface area (Å²) in [6.45, 7) is 0. The van der Waals surface area contributed by atoms with Crippen LogP contribution >= 0.6 is 15.9 Å². The van der Waals surface area contributed by atoms with Crippen molar-refractivity contribution >= 4 is 66.9 Å². The number of nitrogens with one attached hydrogen (secondary N) is 3. The molecule has 27 heavy (non-hydrogen) atoms. The van der Waals surface area contributed by atoms with E-state index in [4.69, 9.17) is 0 Å². The van der Waals surface area contributed by atoms with Crippen LogP contribution in [0.5, 0.6) is 0 Å². The molecule has 0 atom stereocenters. The average molecular weight is 422 g/mol. The van der Waals surface area contributed by atoms with Crippen LogP contribution in [0.1, 0.15) is 11.4 Å². The maximum Gasteiger partial charge on any atom is 0.294 e. The van der Waals surface area contributed by atoms with Gasteiger partial charge in [0.05, 0.1) is 27.3 Å². The summed E-state index contributed by atoms with van der Waals surface area (Å²) in [6, 6.07) is 12.8. The highest BCUT2D eigenvalue weighted by atomic mass is 79.9. The fourth-order valence-corrected chi connectivity index (χ4v) is 3.76. The second kappa shape index (κ2) is 5.82. The minimum atomic E-state index is -0.385. The zero-order valence-corrected chi connectivity index (χ0v) is 15.4. The molecule has 8 heteroatoms. The molecule has 3 N–H and O–H groups in total. The number of aromatic amines is 3. The second-order valence-electron chi connectivity index (χ2n) is 6.28. The number of nitro groups is 1. The zero-order chi connectivity index (χ0) is 18.5. The fourth-order valence-electron chi connectivity index (χ4n) is 3.21. The summed E-state index contributed by atoms with van der Waals surface area (Å²) in [6.07, 6.45) is 3.89. The van der Waals surface area contributed by atoms with Gasteiger partial charge in [0.1, 0.15) is 5.52 Å². The van der Waals surface area contributed by atoms with Crippen molar-refractivity contribution in [3.05, 3.63) is 68.4 Å². The molecule has 4 aromatic heterocycles. The van der Waals surface area contributed by atoms with Crippen LogP contribution in [-0.4, -0.2) is 24.9 Å². The van der Waals surface area contributed by atoms with E-state index in [2.05, 4.69) is 35.9 Å². The van der Waals surface area contributed by atoms with Crippen molar-refractivity contribution in [3.63, 3.8) is 0 Å². The quantitative estimate of drug-likeness (QED) is 0.250. The van der Waals surface area contributed by atoms with Crippen molar-refractivity contribution in [2.24, 2.45) is 0 Å². The highest BCUT2D eigenvalue weighted by Crippen LogP contribution is 2.29. The van der Waals surface area contributed by atoms with Crippen LogP contribution in [0.2, 0.25) is 0 Å². The van der Waals surface area contributed by atoms with Crippen LogP contribution < -0.4 is 0 Å². The SMILES string of the molecule is O=[N+]([O-])c1cc2[nH]c1cc1ccc(cc3nc(cc4cc(Br)c2[nH]4)C=C3)[nH]1. The van der Waals surface area contributed by atoms with Crippen LogP contribution in [0.15, 0.2) is 46.9 Å². The maximum absolute atomic E-state index is 11.5. The third kappa shape index (κ3) is 2.80. The Morgan fingerprint density at radius 1 is 0.852 bits per heavy atom. The van der Waals surface area contributed by atoms with Gasteiger partial charge in [-0.25, -0.2) is 4.98 Å². The monoisotopic (exact) mass is 421 g/mol. The number of nitrogens with zero attached hydrogens (tertiary/aromatic N) is 2. The van der Waals surface area contributed by atoms with E-state index >= 15 is 0 Å². The smallest absolute Gasteiger partial charge is 0.294 e. The summed E-state index contributed by atoms with van der Waals surface area (Å²) in [5.41, 5.74) is 5.96. The summed E-state index contributed by atoms with van der Waals surface area (Å²) < 4.78 is 0.809. The van der Waals surface area contributed by atoms with Crippen molar-refractivity contribution in [2.75, 3.05) is 0 Å². The molecule has 0 saturated carbocycles. The summed E-state index contributed by atoms with van der Waals surface area (Å²) >= 11 is 3.53. The van der Waals surface area contributed by atoms with Crippen LogP contribution in [-0.2, 0) is 0 Å². The third-order valence-electron chi connectivity index (χ3n) is 4.40. The van der Waals surface area contributed by atoms with Crippen LogP contribution in [0.3, 0.4) is 0 Å². The Labute approximate surface area is 160 Å². The first-order chi connectivity index (χ1) is 13.0. The van der Waals surface area contributed by atoms with Gasteiger partial charge in [-0.05, 0) is 64.5 Å². The lowest BCUT2D eigenvalue weighted by molar-refractivity contribution is -0.382. The Morgan fingerprint density at radius 2 is 1.56 bits per heavy atom. The van der Waals surface area contributed by atoms with Crippen LogP contribution in [0.25, 0.3) is 45.3 Å². The Morgan fingerprint density at radius 3 is 2.30 bits per heavy atom. The minimum absolute atomic E-state index is 0.0183. The van der Waals surface area contributed by atoms with Gasteiger partial charge in [-0.15, -0.1) is 0 Å². The molecule has 4 aromatic rings. The molecule has 132 valence electrons. The molecular weight excluding hydrogens is 410 g/mol. The first-order valence-corrected chi connectivity index (χ1v) is 8.98. The highest BCUT2D eigenvalue weighted by molar-refractivity contribution is 9.10. The maximum atomic E-state index is 11.5. The number of halogens is 1. The van der Waals surface area contributed by atoms with Crippen molar-refractivity contribution < 1.29 is 4.92 Å². The van der Waals surface area contributed by atoms with Gasteiger partial charge < -0.3 is 15.0 Å². The highest BCUT2D eigenvalue weighted by Gasteiger charge is 2.14. The summed E-state index contributed by atoms with van der Waals surface area (Å²) in [7, 11) is 0. The van der Waals surface area contributed by atoms with E-state index in [0.29, 0.717) is 11.0 Å². The molecule has 0 unspecified atom stereocenters. The van der Waals surface area contributed by atoms with Crippen LogP contribution in [0.4, 0.5) is 5.69 Å². The number of hydrogen-bond acceptors (Lipinski definition) is 3. The molecule has 0 radical (unpaired) electrons. The van der Waals surface area contributed by atoms with Crippen molar-refractivity contribution in [2.45, 2.75) is 0 Å². The summed E-state index contributed by atoms with van der Waals surface area (Å²) in [4.78, 5) is 25.4. The van der Waals surface area contributed by atoms with Gasteiger partial charge in [-0.2, -0.15) is 0 Å². The van der Waals surface area contributed by atoms with E-state index in [1.807, 2.05) is 42.5 Å². The molecule has 5 heterocycles. The van der Waals surface area contributed by atoms with Gasteiger partial charge >= 0.3 is 0 Å². The molecule has 0 spiro atoms. The molecule has 0 aromatic carbocycles. The van der Waals surface area contributed by atoms with Crippen molar-refractivity contribution in [1.29, 1.82) is 0 Å². The topological polar surface area (TPSA) is 103 Å². The molecule has 0 amide bonds. The van der Waals surface area contributed by atoms with E-state index in [9.17, 15) is 10.1 Å².